The molecular formula is C33H57NO7S. The zero-order valence-electron chi connectivity index (χ0n) is 28.1. The topological polar surface area (TPSA) is 110 Å². The third-order valence-electron chi connectivity index (χ3n) is 7.96. The van der Waals surface area contributed by atoms with Crippen molar-refractivity contribution in [2.24, 2.45) is 23.7 Å². The van der Waals surface area contributed by atoms with Crippen LogP contribution in [-0.4, -0.2) is 70.6 Å². The summed E-state index contributed by atoms with van der Waals surface area (Å²) in [4.78, 5) is 51.8. The number of esters is 1. The number of thioether (sulfide) groups is 1. The van der Waals surface area contributed by atoms with Crippen LogP contribution in [0.25, 0.3) is 0 Å². The number of carboxylic acid groups (broad SMARTS) is 1. The van der Waals surface area contributed by atoms with Gasteiger partial charge >= 0.3 is 18.0 Å². The first-order chi connectivity index (χ1) is 19.4. The molecule has 0 unspecified atom stereocenters. The van der Waals surface area contributed by atoms with E-state index in [1.54, 1.807) is 46.4 Å². The Labute approximate surface area is 259 Å². The van der Waals surface area contributed by atoms with E-state index in [0.29, 0.717) is 18.4 Å². The Morgan fingerprint density at radius 1 is 1.02 bits per heavy atom. The molecule has 0 rings (SSSR count). The van der Waals surface area contributed by atoms with Gasteiger partial charge in [0.1, 0.15) is 17.7 Å². The fourth-order valence-electron chi connectivity index (χ4n) is 4.66. The van der Waals surface area contributed by atoms with Crippen molar-refractivity contribution < 1.29 is 33.8 Å². The Kier molecular flexibility index (Phi) is 18.0. The van der Waals surface area contributed by atoms with Crippen molar-refractivity contribution in [3.63, 3.8) is 0 Å². The summed E-state index contributed by atoms with van der Waals surface area (Å²) < 4.78 is 11.5. The SMILES string of the molecule is CC/C=C(\C)[C@@H](OC(=O)[C@H](C)N(C)C(=O)OC(C)(C)C)[C@@H](C)[C@H](C/C=C(\C)C(=O)C[C@H](C(=O)O)[C@@H](C)CC)CCSC. The number of carbonyl (C=O) groups excluding carboxylic acids is 3. The van der Waals surface area contributed by atoms with Crippen LogP contribution in [0.15, 0.2) is 23.3 Å². The molecule has 0 aromatic heterocycles. The lowest BCUT2D eigenvalue weighted by Crippen LogP contribution is -2.45. The second-order valence-electron chi connectivity index (χ2n) is 12.5. The number of likely N-dealkylation sites (N-methyl/N-ethyl adjacent to an activating group) is 1. The molecule has 0 fully saturated rings. The van der Waals surface area contributed by atoms with Gasteiger partial charge in [0.25, 0.3) is 0 Å². The Balaban J connectivity index is 5.98. The molecule has 0 aliphatic carbocycles. The number of Topliss-reactive ketones (excluding diaryl/α,β-unsaturated/α-hetero) is 1. The summed E-state index contributed by atoms with van der Waals surface area (Å²) in [6.07, 6.45) is 7.81. The monoisotopic (exact) mass is 611 g/mol. The fourth-order valence-corrected chi connectivity index (χ4v) is 5.20. The number of ketones is 1. The molecule has 0 aliphatic heterocycles. The number of amides is 1. The molecule has 0 saturated carbocycles. The number of ether oxygens (including phenoxy) is 2. The van der Waals surface area contributed by atoms with Crippen molar-refractivity contribution in [2.75, 3.05) is 19.1 Å². The van der Waals surface area contributed by atoms with Crippen LogP contribution in [0, 0.1) is 23.7 Å². The molecule has 0 bridgehead atoms. The van der Waals surface area contributed by atoms with E-state index < -0.39 is 41.7 Å². The van der Waals surface area contributed by atoms with Crippen LogP contribution in [-0.2, 0) is 23.9 Å². The summed E-state index contributed by atoms with van der Waals surface area (Å²) in [7, 11) is 1.52. The molecule has 0 radical (unpaired) electrons. The maximum atomic E-state index is 13.3. The largest absolute Gasteiger partial charge is 0.481 e. The number of allylic oxidation sites excluding steroid dienone is 3. The quantitative estimate of drug-likeness (QED) is 0.0961. The first-order valence-corrected chi connectivity index (χ1v) is 16.6. The molecule has 1 amide bonds. The lowest BCUT2D eigenvalue weighted by molar-refractivity contribution is -0.155. The molecule has 0 aromatic rings. The lowest BCUT2D eigenvalue weighted by Gasteiger charge is -2.33. The molecule has 0 heterocycles. The van der Waals surface area contributed by atoms with Gasteiger partial charge < -0.3 is 14.6 Å². The van der Waals surface area contributed by atoms with Gasteiger partial charge in [-0.05, 0) is 95.8 Å². The highest BCUT2D eigenvalue weighted by atomic mass is 32.2. The average Bonchev–Trinajstić information content (AvgIpc) is 2.91. The highest BCUT2D eigenvalue weighted by Gasteiger charge is 2.34. The van der Waals surface area contributed by atoms with Crippen LogP contribution in [0.2, 0.25) is 0 Å². The number of rotatable bonds is 18. The van der Waals surface area contributed by atoms with E-state index in [1.165, 1.54) is 11.9 Å². The first-order valence-electron chi connectivity index (χ1n) is 15.2. The Morgan fingerprint density at radius 2 is 1.62 bits per heavy atom. The third-order valence-corrected chi connectivity index (χ3v) is 8.60. The maximum Gasteiger partial charge on any atom is 0.410 e. The smallest absolute Gasteiger partial charge is 0.410 e. The third kappa shape index (κ3) is 13.8. The van der Waals surface area contributed by atoms with E-state index in [1.807, 2.05) is 46.1 Å². The second kappa shape index (κ2) is 19.1. The van der Waals surface area contributed by atoms with Crippen molar-refractivity contribution in [1.29, 1.82) is 0 Å². The maximum absolute atomic E-state index is 13.3. The molecule has 6 atom stereocenters. The van der Waals surface area contributed by atoms with Crippen LogP contribution in [0.1, 0.15) is 101 Å². The van der Waals surface area contributed by atoms with Gasteiger partial charge in [-0.2, -0.15) is 11.8 Å². The van der Waals surface area contributed by atoms with Gasteiger partial charge in [0.2, 0.25) is 0 Å². The normalized spacial score (nSPS) is 17.0. The Bertz CT molecular complexity index is 953. The van der Waals surface area contributed by atoms with Crippen molar-refractivity contribution in [1.82, 2.24) is 4.90 Å². The van der Waals surface area contributed by atoms with Crippen LogP contribution in [0.5, 0.6) is 0 Å². The minimum atomic E-state index is -0.939. The van der Waals surface area contributed by atoms with Crippen molar-refractivity contribution in [3.05, 3.63) is 23.3 Å². The zero-order chi connectivity index (χ0) is 32.8. The van der Waals surface area contributed by atoms with Gasteiger partial charge in [0.05, 0.1) is 5.92 Å². The van der Waals surface area contributed by atoms with Gasteiger partial charge in [-0.1, -0.05) is 46.3 Å². The second-order valence-corrected chi connectivity index (χ2v) is 13.4. The summed E-state index contributed by atoms with van der Waals surface area (Å²) in [5.74, 6) is -1.47. The summed E-state index contributed by atoms with van der Waals surface area (Å²) in [5, 5.41) is 9.63. The summed E-state index contributed by atoms with van der Waals surface area (Å²) in [6.45, 7) is 18.5. The van der Waals surface area contributed by atoms with Gasteiger partial charge in [0, 0.05) is 19.4 Å². The van der Waals surface area contributed by atoms with Gasteiger partial charge in [-0.25, -0.2) is 9.59 Å². The summed E-state index contributed by atoms with van der Waals surface area (Å²) in [5.41, 5.74) is 0.814. The van der Waals surface area contributed by atoms with Gasteiger partial charge in [-0.15, -0.1) is 0 Å². The van der Waals surface area contributed by atoms with Gasteiger partial charge in [0.15, 0.2) is 5.78 Å². The minimum absolute atomic E-state index is 0.0145. The van der Waals surface area contributed by atoms with E-state index in [0.717, 1.165) is 24.2 Å². The number of carboxylic acids is 1. The van der Waals surface area contributed by atoms with E-state index in [-0.39, 0.29) is 30.0 Å². The molecular weight excluding hydrogens is 554 g/mol. The zero-order valence-corrected chi connectivity index (χ0v) is 28.9. The van der Waals surface area contributed by atoms with Crippen molar-refractivity contribution >= 4 is 35.6 Å². The molecule has 8 nitrogen and oxygen atoms in total. The first kappa shape index (κ1) is 39.7. The number of nitrogens with zero attached hydrogens (tertiary/aromatic N) is 1. The fraction of sp³-hybridized carbons (Fsp3) is 0.758. The van der Waals surface area contributed by atoms with Crippen LogP contribution >= 0.6 is 11.8 Å². The summed E-state index contributed by atoms with van der Waals surface area (Å²) >= 11 is 1.73. The van der Waals surface area contributed by atoms with Crippen LogP contribution in [0.4, 0.5) is 4.79 Å². The Morgan fingerprint density at radius 3 is 2.10 bits per heavy atom. The van der Waals surface area contributed by atoms with E-state index in [9.17, 15) is 24.3 Å². The van der Waals surface area contributed by atoms with Gasteiger partial charge in [-0.3, -0.25) is 14.5 Å². The predicted octanol–water partition coefficient (Wildman–Crippen LogP) is 7.56. The van der Waals surface area contributed by atoms with E-state index in [4.69, 9.17) is 9.47 Å². The molecule has 0 aromatic carbocycles. The van der Waals surface area contributed by atoms with Crippen LogP contribution < -0.4 is 0 Å². The predicted molar refractivity (Wildman–Crippen MR) is 172 cm³/mol. The van der Waals surface area contributed by atoms with Crippen molar-refractivity contribution in [2.45, 2.75) is 119 Å². The lowest BCUT2D eigenvalue weighted by atomic mass is 9.81. The number of hydrogen-bond donors (Lipinski definition) is 1. The highest BCUT2D eigenvalue weighted by Crippen LogP contribution is 2.31. The average molecular weight is 612 g/mol. The van der Waals surface area contributed by atoms with E-state index >= 15 is 0 Å². The van der Waals surface area contributed by atoms with Crippen LogP contribution in [0.3, 0.4) is 0 Å². The van der Waals surface area contributed by atoms with E-state index in [2.05, 4.69) is 6.92 Å². The molecule has 0 aliphatic rings. The molecule has 1 N–H and O–H groups in total. The number of carbonyl (C=O) groups is 4. The number of hydrogen-bond acceptors (Lipinski definition) is 7. The molecule has 242 valence electrons. The highest BCUT2D eigenvalue weighted by molar-refractivity contribution is 7.98. The minimum Gasteiger partial charge on any atom is -0.481 e. The number of aliphatic carboxylic acids is 1. The summed E-state index contributed by atoms with van der Waals surface area (Å²) in [6, 6.07) is -0.846. The molecule has 42 heavy (non-hydrogen) atoms. The standard InChI is InChI=1S/C33H57NO7S/c1-13-15-23(5)29(40-31(38)25(7)34(11)32(39)41-33(8,9)10)24(6)26(18-19-42-12)17-16-22(4)28(35)20-27(30(36)37)21(3)14-2/h15-16,21,24-27,29H,13-14,17-20H2,1-12H3,(H,36,37)/b22-16+,23-15+/t21-,24-,25-,26+,27-,29+/m0/s1. The molecule has 0 spiro atoms. The molecule has 0 saturated heterocycles. The Hall–Kier alpha value is -2.29. The van der Waals surface area contributed by atoms with Crippen molar-refractivity contribution in [3.8, 4) is 0 Å². The molecule has 9 heteroatoms.